The van der Waals surface area contributed by atoms with E-state index in [4.69, 9.17) is 0 Å². The zero-order valence-electron chi connectivity index (χ0n) is 12.0. The molecule has 22 heavy (non-hydrogen) atoms. The van der Waals surface area contributed by atoms with Crippen LogP contribution < -0.4 is 0 Å². The van der Waals surface area contributed by atoms with Gasteiger partial charge in [-0.1, -0.05) is 60.7 Å². The Morgan fingerprint density at radius 1 is 0.545 bits per heavy atom. The van der Waals surface area contributed by atoms with Gasteiger partial charge < -0.3 is 0 Å². The quantitative estimate of drug-likeness (QED) is 0.445. The van der Waals surface area contributed by atoms with Gasteiger partial charge in [0.15, 0.2) is 0 Å². The Hall–Kier alpha value is -2.93. The maximum atomic E-state index is 10.9. The third-order valence-corrected chi connectivity index (χ3v) is 4.08. The highest BCUT2D eigenvalue weighted by Crippen LogP contribution is 2.27. The van der Waals surface area contributed by atoms with Gasteiger partial charge in [0.05, 0.1) is 0 Å². The van der Waals surface area contributed by atoms with E-state index in [1.807, 2.05) is 18.2 Å². The van der Waals surface area contributed by atoms with Crippen LogP contribution in [0.3, 0.4) is 0 Å². The summed E-state index contributed by atoms with van der Waals surface area (Å²) in [4.78, 5) is 10.9. The summed E-state index contributed by atoms with van der Waals surface area (Å²) in [6.07, 6.45) is 0.886. The monoisotopic (exact) mass is 282 g/mol. The molecule has 0 atom stereocenters. The summed E-state index contributed by atoms with van der Waals surface area (Å²) in [6, 6.07) is 27.1. The molecule has 0 N–H and O–H groups in total. The van der Waals surface area contributed by atoms with Crippen LogP contribution in [-0.4, -0.2) is 6.29 Å². The van der Waals surface area contributed by atoms with E-state index in [2.05, 4.69) is 60.7 Å². The first-order valence-corrected chi connectivity index (χ1v) is 7.32. The molecule has 0 aliphatic rings. The van der Waals surface area contributed by atoms with Gasteiger partial charge >= 0.3 is 0 Å². The van der Waals surface area contributed by atoms with Crippen LogP contribution in [0.2, 0.25) is 0 Å². The minimum Gasteiger partial charge on any atom is -0.298 e. The standard InChI is InChI=1S/C21H14O/c22-14-15-5-6-19-13-21(10-9-18(19)11-15)20-8-7-16-3-1-2-4-17(16)12-20/h1-14H. The van der Waals surface area contributed by atoms with Gasteiger partial charge in [-0.2, -0.15) is 0 Å². The van der Waals surface area contributed by atoms with Crippen LogP contribution in [0.15, 0.2) is 78.9 Å². The topological polar surface area (TPSA) is 17.1 Å². The molecule has 0 aliphatic carbocycles. The smallest absolute Gasteiger partial charge is 0.150 e. The maximum Gasteiger partial charge on any atom is 0.150 e. The number of carbonyl (C=O) groups excluding carboxylic acids is 1. The van der Waals surface area contributed by atoms with Crippen molar-refractivity contribution >= 4 is 27.8 Å². The molecule has 1 heteroatoms. The molecular weight excluding hydrogens is 268 g/mol. The fourth-order valence-corrected chi connectivity index (χ4v) is 2.89. The van der Waals surface area contributed by atoms with Crippen LogP contribution in [0.4, 0.5) is 0 Å². The first kappa shape index (κ1) is 12.8. The van der Waals surface area contributed by atoms with Gasteiger partial charge in [0.2, 0.25) is 0 Å². The lowest BCUT2D eigenvalue weighted by Gasteiger charge is -2.06. The molecule has 0 aliphatic heterocycles. The SMILES string of the molecule is O=Cc1ccc2cc(-c3ccc4ccccc4c3)ccc2c1. The molecule has 0 saturated carbocycles. The van der Waals surface area contributed by atoms with Gasteiger partial charge in [-0.05, 0) is 50.9 Å². The number of rotatable bonds is 2. The first-order chi connectivity index (χ1) is 10.8. The van der Waals surface area contributed by atoms with E-state index in [9.17, 15) is 4.79 Å². The summed E-state index contributed by atoms with van der Waals surface area (Å²) < 4.78 is 0. The Morgan fingerprint density at radius 3 is 1.82 bits per heavy atom. The third-order valence-electron chi connectivity index (χ3n) is 4.08. The molecule has 4 aromatic carbocycles. The number of aldehydes is 1. The van der Waals surface area contributed by atoms with Crippen molar-refractivity contribution < 1.29 is 4.79 Å². The average molecular weight is 282 g/mol. The van der Waals surface area contributed by atoms with Gasteiger partial charge in [-0.25, -0.2) is 0 Å². The van der Waals surface area contributed by atoms with Crippen LogP contribution in [0, 0.1) is 0 Å². The van der Waals surface area contributed by atoms with Gasteiger partial charge in [0.1, 0.15) is 6.29 Å². The van der Waals surface area contributed by atoms with Crippen molar-refractivity contribution in [3.63, 3.8) is 0 Å². The van der Waals surface area contributed by atoms with Crippen LogP contribution in [0.25, 0.3) is 32.7 Å². The molecule has 0 unspecified atom stereocenters. The van der Waals surface area contributed by atoms with Crippen molar-refractivity contribution in [3.8, 4) is 11.1 Å². The molecule has 0 saturated heterocycles. The van der Waals surface area contributed by atoms with E-state index in [1.165, 1.54) is 21.9 Å². The largest absolute Gasteiger partial charge is 0.298 e. The summed E-state index contributed by atoms with van der Waals surface area (Å²) >= 11 is 0. The molecule has 0 radical (unpaired) electrons. The summed E-state index contributed by atoms with van der Waals surface area (Å²) in [5.74, 6) is 0. The van der Waals surface area contributed by atoms with Crippen molar-refractivity contribution in [2.24, 2.45) is 0 Å². The molecule has 0 bridgehead atoms. The molecule has 0 heterocycles. The number of benzene rings is 4. The van der Waals surface area contributed by atoms with E-state index in [1.54, 1.807) is 0 Å². The number of fused-ring (bicyclic) bond motifs is 2. The second-order valence-electron chi connectivity index (χ2n) is 5.50. The number of carbonyl (C=O) groups is 1. The van der Waals surface area contributed by atoms with E-state index in [0.29, 0.717) is 5.56 Å². The Morgan fingerprint density at radius 2 is 1.09 bits per heavy atom. The molecule has 4 rings (SSSR count). The Kier molecular flexibility index (Phi) is 2.97. The summed E-state index contributed by atoms with van der Waals surface area (Å²) in [7, 11) is 0. The van der Waals surface area contributed by atoms with Crippen molar-refractivity contribution in [2.45, 2.75) is 0 Å². The van der Waals surface area contributed by atoms with Gasteiger partial charge in [0, 0.05) is 5.56 Å². The highest BCUT2D eigenvalue weighted by atomic mass is 16.1. The first-order valence-electron chi connectivity index (χ1n) is 7.32. The van der Waals surface area contributed by atoms with Gasteiger partial charge in [0.25, 0.3) is 0 Å². The Balaban J connectivity index is 1.86. The van der Waals surface area contributed by atoms with E-state index < -0.39 is 0 Å². The minimum absolute atomic E-state index is 0.714. The molecule has 0 aromatic heterocycles. The lowest BCUT2D eigenvalue weighted by atomic mass is 9.98. The molecule has 0 fully saturated rings. The zero-order valence-corrected chi connectivity index (χ0v) is 12.0. The summed E-state index contributed by atoms with van der Waals surface area (Å²) in [5, 5.41) is 4.74. The average Bonchev–Trinajstić information content (AvgIpc) is 2.60. The fourth-order valence-electron chi connectivity index (χ4n) is 2.89. The minimum atomic E-state index is 0.714. The summed E-state index contributed by atoms with van der Waals surface area (Å²) in [5.41, 5.74) is 3.11. The second-order valence-corrected chi connectivity index (χ2v) is 5.50. The van der Waals surface area contributed by atoms with Crippen LogP contribution in [-0.2, 0) is 0 Å². The van der Waals surface area contributed by atoms with Crippen molar-refractivity contribution in [1.82, 2.24) is 0 Å². The van der Waals surface area contributed by atoms with Crippen LogP contribution >= 0.6 is 0 Å². The van der Waals surface area contributed by atoms with E-state index in [0.717, 1.165) is 17.1 Å². The van der Waals surface area contributed by atoms with Crippen LogP contribution in [0.1, 0.15) is 10.4 Å². The van der Waals surface area contributed by atoms with Gasteiger partial charge in [-0.15, -0.1) is 0 Å². The summed E-state index contributed by atoms with van der Waals surface area (Å²) in [6.45, 7) is 0. The normalized spacial score (nSPS) is 10.9. The molecule has 1 nitrogen and oxygen atoms in total. The molecule has 104 valence electrons. The molecule has 0 amide bonds. The van der Waals surface area contributed by atoms with Crippen molar-refractivity contribution in [1.29, 1.82) is 0 Å². The highest BCUT2D eigenvalue weighted by molar-refractivity contribution is 5.93. The maximum absolute atomic E-state index is 10.9. The Labute approximate surface area is 128 Å². The van der Waals surface area contributed by atoms with Crippen molar-refractivity contribution in [2.75, 3.05) is 0 Å². The van der Waals surface area contributed by atoms with Crippen molar-refractivity contribution in [3.05, 3.63) is 84.4 Å². The van der Waals surface area contributed by atoms with E-state index >= 15 is 0 Å². The predicted octanol–water partition coefficient (Wildman–Crippen LogP) is 5.47. The lowest BCUT2D eigenvalue weighted by Crippen LogP contribution is -1.83. The molecule has 4 aromatic rings. The van der Waals surface area contributed by atoms with Gasteiger partial charge in [-0.3, -0.25) is 4.79 Å². The number of hydrogen-bond acceptors (Lipinski definition) is 1. The second kappa shape index (κ2) is 5.12. The highest BCUT2D eigenvalue weighted by Gasteiger charge is 2.02. The third kappa shape index (κ3) is 2.17. The molecular formula is C21H14O. The Bertz CT molecular complexity index is 999. The fraction of sp³-hybridized carbons (Fsp3) is 0. The lowest BCUT2D eigenvalue weighted by molar-refractivity contribution is 0.112. The zero-order chi connectivity index (χ0) is 14.9. The predicted molar refractivity (Wildman–Crippen MR) is 92.3 cm³/mol. The van der Waals surface area contributed by atoms with Crippen LogP contribution in [0.5, 0.6) is 0 Å². The van der Waals surface area contributed by atoms with E-state index in [-0.39, 0.29) is 0 Å². The molecule has 0 spiro atoms. The number of hydrogen-bond donors (Lipinski definition) is 0.